The van der Waals surface area contributed by atoms with E-state index in [0.717, 1.165) is 0 Å². The fourth-order valence-corrected chi connectivity index (χ4v) is 0.0896. The van der Waals surface area contributed by atoms with Gasteiger partial charge < -0.3 is 4.74 Å². The highest BCUT2D eigenvalue weighted by molar-refractivity contribution is 7.79. The van der Waals surface area contributed by atoms with Gasteiger partial charge in [0.1, 0.15) is 0 Å². The third-order valence-corrected chi connectivity index (χ3v) is 0.232. The molecule has 0 bridgehead atoms. The summed E-state index contributed by atoms with van der Waals surface area (Å²) in [5.41, 5.74) is 0. The third-order valence-electron chi connectivity index (χ3n) is 0.232. The first-order valence-electron chi connectivity index (χ1n) is 2.16. The highest BCUT2D eigenvalue weighted by Gasteiger charge is 1.84. The lowest BCUT2D eigenvalue weighted by Crippen LogP contribution is -1.89. The number of ether oxygens (including phenoxy) is 1. The van der Waals surface area contributed by atoms with E-state index in [9.17, 15) is 9.59 Å². The van der Waals surface area contributed by atoms with Crippen LogP contribution in [0.3, 0.4) is 0 Å². The van der Waals surface area contributed by atoms with Gasteiger partial charge in [0.15, 0.2) is 24.4 Å². The summed E-state index contributed by atoms with van der Waals surface area (Å²) in [4.78, 5) is 18.4. The van der Waals surface area contributed by atoms with Crippen LogP contribution in [0.5, 0.6) is 0 Å². The maximum Gasteiger partial charge on any atom is 0.394 e. The van der Waals surface area contributed by atoms with Gasteiger partial charge in [-0.05, 0) is 0 Å². The van der Waals surface area contributed by atoms with E-state index < -0.39 is 10.4 Å². The fourth-order valence-electron chi connectivity index (χ4n) is 0.0896. The Labute approximate surface area is 67.5 Å². The minimum atomic E-state index is -4.67. The van der Waals surface area contributed by atoms with Gasteiger partial charge in [0.2, 0.25) is 0 Å². The lowest BCUT2D eigenvalue weighted by Gasteiger charge is -1.72. The van der Waals surface area contributed by atoms with E-state index in [4.69, 9.17) is 17.5 Å². The summed E-state index contributed by atoms with van der Waals surface area (Å²) in [6.45, 7) is 0. The van der Waals surface area contributed by atoms with Crippen molar-refractivity contribution in [1.82, 2.24) is 0 Å². The summed E-state index contributed by atoms with van der Waals surface area (Å²) in [6, 6.07) is 0. The molecule has 0 heterocycles. The summed E-state index contributed by atoms with van der Waals surface area (Å²) in [5.74, 6) is 2.59. The molecule has 0 aliphatic rings. The van der Waals surface area contributed by atoms with Gasteiger partial charge in [-0.25, -0.2) is 9.59 Å². The molecule has 0 spiro atoms. The van der Waals surface area contributed by atoms with Gasteiger partial charge in [-0.2, -0.15) is 8.42 Å². The smallest absolute Gasteiger partial charge is 0.394 e. The molecule has 0 radical (unpaired) electrons. The number of hydrogen-bond acceptors (Lipinski definition) is 5. The molecule has 0 rings (SSSR count). The van der Waals surface area contributed by atoms with Crippen molar-refractivity contribution < 1.29 is 31.8 Å². The molecule has 0 amide bonds. The van der Waals surface area contributed by atoms with Crippen molar-refractivity contribution >= 4 is 22.3 Å². The second kappa shape index (κ2) is 7.67. The Morgan fingerprint density at radius 3 is 1.50 bits per heavy atom. The molecule has 12 heavy (non-hydrogen) atoms. The first-order valence-corrected chi connectivity index (χ1v) is 3.55. The summed E-state index contributed by atoms with van der Waals surface area (Å²) in [5, 5.41) is 0. The quantitative estimate of drug-likeness (QED) is 0.331. The molecular formula is C4H4O7S. The Morgan fingerprint density at radius 1 is 1.08 bits per heavy atom. The van der Waals surface area contributed by atoms with Crippen molar-refractivity contribution in [2.24, 2.45) is 0 Å². The fraction of sp³-hybridized carbons (Fsp3) is 0. The molecule has 0 saturated carbocycles. The van der Waals surface area contributed by atoms with Gasteiger partial charge in [-0.15, -0.1) is 0 Å². The van der Waals surface area contributed by atoms with Crippen molar-refractivity contribution in [3.05, 3.63) is 12.5 Å². The Kier molecular flexibility index (Phi) is 8.43. The largest absolute Gasteiger partial charge is 0.449 e. The highest BCUT2D eigenvalue weighted by atomic mass is 32.3. The molecule has 0 aromatic rings. The summed E-state index contributed by atoms with van der Waals surface area (Å²) in [7, 11) is -4.67. The molecule has 0 aliphatic heterocycles. The van der Waals surface area contributed by atoms with Crippen LogP contribution in [-0.4, -0.2) is 29.4 Å². The second-order valence-electron chi connectivity index (χ2n) is 1.06. The van der Waals surface area contributed by atoms with Gasteiger partial charge >= 0.3 is 10.4 Å². The average Bonchev–Trinajstić information content (AvgIpc) is 1.85. The summed E-state index contributed by atoms with van der Waals surface area (Å²) >= 11 is 0. The van der Waals surface area contributed by atoms with Crippen LogP contribution in [-0.2, 0) is 24.7 Å². The van der Waals surface area contributed by atoms with Crippen LogP contribution in [0, 0.1) is 0 Å². The highest BCUT2D eigenvalue weighted by Crippen LogP contribution is 1.64. The zero-order chi connectivity index (χ0) is 10.0. The monoisotopic (exact) mass is 196 g/mol. The van der Waals surface area contributed by atoms with E-state index in [2.05, 4.69) is 4.74 Å². The molecule has 0 unspecified atom stereocenters. The van der Waals surface area contributed by atoms with Gasteiger partial charge in [-0.3, -0.25) is 9.11 Å². The molecular weight excluding hydrogens is 192 g/mol. The van der Waals surface area contributed by atoms with Crippen molar-refractivity contribution in [1.29, 1.82) is 0 Å². The van der Waals surface area contributed by atoms with E-state index >= 15 is 0 Å². The molecule has 0 saturated heterocycles. The average molecular weight is 196 g/mol. The van der Waals surface area contributed by atoms with Crippen LogP contribution in [0.25, 0.3) is 0 Å². The first kappa shape index (κ1) is 13.2. The van der Waals surface area contributed by atoms with Crippen LogP contribution in [0.4, 0.5) is 0 Å². The van der Waals surface area contributed by atoms with Crippen LogP contribution in [0.15, 0.2) is 12.5 Å². The normalized spacial score (nSPS) is 7.83. The minimum Gasteiger partial charge on any atom is -0.449 e. The number of hydrogen-bond donors (Lipinski definition) is 2. The Morgan fingerprint density at radius 2 is 1.33 bits per heavy atom. The lowest BCUT2D eigenvalue weighted by molar-refractivity contribution is 0.381. The van der Waals surface area contributed by atoms with Gasteiger partial charge in [0, 0.05) is 0 Å². The Hall–Kier alpha value is -1.43. The molecule has 2 N–H and O–H groups in total. The molecule has 0 fully saturated rings. The van der Waals surface area contributed by atoms with E-state index in [-0.39, 0.29) is 0 Å². The van der Waals surface area contributed by atoms with Crippen LogP contribution < -0.4 is 0 Å². The molecule has 68 valence electrons. The summed E-state index contributed by atoms with van der Waals surface area (Å²) < 4.78 is 35.6. The van der Waals surface area contributed by atoms with E-state index in [1.54, 1.807) is 0 Å². The van der Waals surface area contributed by atoms with Crippen molar-refractivity contribution in [2.75, 3.05) is 0 Å². The van der Waals surface area contributed by atoms with Crippen molar-refractivity contribution in [3.8, 4) is 0 Å². The molecule has 0 aliphatic carbocycles. The van der Waals surface area contributed by atoms with E-state index in [0.29, 0.717) is 12.5 Å². The predicted octanol–water partition coefficient (Wildman–Crippen LogP) is -0.959. The molecule has 0 aromatic carbocycles. The zero-order valence-electron chi connectivity index (χ0n) is 5.50. The molecule has 8 heteroatoms. The molecule has 7 nitrogen and oxygen atoms in total. The lowest BCUT2D eigenvalue weighted by atomic mass is 11.0. The van der Waals surface area contributed by atoms with E-state index in [1.165, 1.54) is 11.9 Å². The third kappa shape index (κ3) is 74.4. The van der Waals surface area contributed by atoms with Crippen LogP contribution in [0.2, 0.25) is 0 Å². The molecule has 0 aromatic heterocycles. The standard InChI is InChI=1S/C4H2O3.H2O4S/c5-1-3-7-4-2-6;1-5(2,3)4/h3-4H;(H2,1,2,3,4). The topological polar surface area (TPSA) is 118 Å². The SMILES string of the molecule is O=C=COC=C=O.O=S(=O)(O)O. The molecule has 0 atom stereocenters. The summed E-state index contributed by atoms with van der Waals surface area (Å²) in [6.07, 6.45) is 1.43. The van der Waals surface area contributed by atoms with Crippen molar-refractivity contribution in [3.63, 3.8) is 0 Å². The first-order chi connectivity index (χ1) is 5.41. The van der Waals surface area contributed by atoms with Crippen LogP contribution in [0.1, 0.15) is 0 Å². The van der Waals surface area contributed by atoms with Crippen molar-refractivity contribution in [2.45, 2.75) is 0 Å². The predicted molar refractivity (Wildman–Crippen MR) is 35.8 cm³/mol. The van der Waals surface area contributed by atoms with Gasteiger partial charge in [-0.1, -0.05) is 0 Å². The van der Waals surface area contributed by atoms with Gasteiger partial charge in [0.25, 0.3) is 0 Å². The number of rotatable bonds is 2. The second-order valence-corrected chi connectivity index (χ2v) is 1.95. The number of carbonyl (C=O) groups excluding carboxylic acids is 2. The minimum absolute atomic E-state index is 0.713. The Balaban J connectivity index is 0. The van der Waals surface area contributed by atoms with Gasteiger partial charge in [0.05, 0.1) is 0 Å². The van der Waals surface area contributed by atoms with Crippen LogP contribution >= 0.6 is 0 Å². The maximum absolute atomic E-state index is 9.22. The van der Waals surface area contributed by atoms with E-state index in [1.807, 2.05) is 0 Å². The Bertz CT molecular complexity index is 265. The zero-order valence-corrected chi connectivity index (χ0v) is 6.32. The maximum atomic E-state index is 9.22.